The van der Waals surface area contributed by atoms with Crippen LogP contribution in [0.3, 0.4) is 0 Å². The van der Waals surface area contributed by atoms with Crippen LogP contribution in [-0.2, 0) is 5.75 Å². The van der Waals surface area contributed by atoms with Gasteiger partial charge in [-0.1, -0.05) is 30.3 Å². The van der Waals surface area contributed by atoms with Crippen molar-refractivity contribution in [2.24, 2.45) is 0 Å². The molecule has 0 bridgehead atoms. The van der Waals surface area contributed by atoms with Crippen LogP contribution in [0.1, 0.15) is 5.56 Å². The normalized spacial score (nSPS) is 8.53. The molecule has 0 aliphatic rings. The van der Waals surface area contributed by atoms with Gasteiger partial charge in [-0.25, -0.2) is 9.59 Å². The van der Waals surface area contributed by atoms with E-state index in [0.29, 0.717) is 5.75 Å². The third-order valence-corrected chi connectivity index (χ3v) is 1.93. The van der Waals surface area contributed by atoms with E-state index >= 15 is 0 Å². The second-order valence-corrected chi connectivity index (χ2v) is 3.25. The smallest absolute Gasteiger partial charge is 0.473 e. The summed E-state index contributed by atoms with van der Waals surface area (Å²) in [5, 5.41) is 21.5. The molecule has 0 aliphatic carbocycles. The van der Waals surface area contributed by atoms with Gasteiger partial charge in [0.05, 0.1) is 0 Å². The maximum Gasteiger partial charge on any atom is 0.503 e. The SMILES string of the molecule is O=C(O)O.O=C(O)SCc1ccccc1. The van der Waals surface area contributed by atoms with Gasteiger partial charge in [0.25, 0.3) is 0 Å². The highest BCUT2D eigenvalue weighted by Gasteiger charge is 1.97. The number of carboxylic acid groups (broad SMARTS) is 3. The van der Waals surface area contributed by atoms with E-state index in [1.54, 1.807) is 0 Å². The number of benzene rings is 1. The quantitative estimate of drug-likeness (QED) is 0.723. The molecule has 0 fully saturated rings. The summed E-state index contributed by atoms with van der Waals surface area (Å²) in [5.74, 6) is 0.538. The van der Waals surface area contributed by atoms with Crippen LogP contribution in [0.2, 0.25) is 0 Å². The summed E-state index contributed by atoms with van der Waals surface area (Å²) in [5.41, 5.74) is 1.04. The van der Waals surface area contributed by atoms with E-state index in [1.807, 2.05) is 30.3 Å². The number of hydrogen-bond acceptors (Lipinski definition) is 3. The molecule has 0 heterocycles. The Morgan fingerprint density at radius 2 is 1.53 bits per heavy atom. The Hall–Kier alpha value is -1.69. The zero-order valence-corrected chi connectivity index (χ0v) is 8.48. The molecule has 1 aromatic carbocycles. The lowest BCUT2D eigenvalue weighted by Gasteiger charge is -1.94. The third kappa shape index (κ3) is 10.2. The molecule has 0 atom stereocenters. The molecule has 3 N–H and O–H groups in total. The van der Waals surface area contributed by atoms with Crippen LogP contribution in [0.15, 0.2) is 30.3 Å². The first-order valence-corrected chi connectivity index (χ1v) is 4.82. The van der Waals surface area contributed by atoms with Gasteiger partial charge in [0.15, 0.2) is 0 Å². The third-order valence-electron chi connectivity index (χ3n) is 1.21. The monoisotopic (exact) mass is 230 g/mol. The molecule has 0 saturated heterocycles. The van der Waals surface area contributed by atoms with Gasteiger partial charge in [0.2, 0.25) is 0 Å². The zero-order chi connectivity index (χ0) is 11.7. The highest BCUT2D eigenvalue weighted by molar-refractivity contribution is 8.12. The molecule has 0 amide bonds. The molecule has 0 saturated carbocycles. The van der Waals surface area contributed by atoms with Crippen LogP contribution in [-0.4, -0.2) is 26.8 Å². The van der Waals surface area contributed by atoms with E-state index in [0.717, 1.165) is 17.3 Å². The summed E-state index contributed by atoms with van der Waals surface area (Å²) in [7, 11) is 0. The molecule has 15 heavy (non-hydrogen) atoms. The van der Waals surface area contributed by atoms with Crippen molar-refractivity contribution in [2.45, 2.75) is 5.75 Å². The molecular formula is C9H10O5S. The minimum Gasteiger partial charge on any atom is -0.473 e. The second-order valence-electron chi connectivity index (χ2n) is 2.32. The van der Waals surface area contributed by atoms with Crippen LogP contribution >= 0.6 is 11.8 Å². The van der Waals surface area contributed by atoms with Crippen LogP contribution in [0.25, 0.3) is 0 Å². The molecular weight excluding hydrogens is 220 g/mol. The van der Waals surface area contributed by atoms with Crippen LogP contribution in [0.4, 0.5) is 9.59 Å². The van der Waals surface area contributed by atoms with Gasteiger partial charge in [0, 0.05) is 5.75 Å². The first-order valence-electron chi connectivity index (χ1n) is 3.84. The molecule has 5 nitrogen and oxygen atoms in total. The molecule has 0 spiro atoms. The molecule has 6 heteroatoms. The summed E-state index contributed by atoms with van der Waals surface area (Å²) in [6.45, 7) is 0. The van der Waals surface area contributed by atoms with Gasteiger partial charge in [-0.3, -0.25) is 0 Å². The Balaban J connectivity index is 0.000000423. The van der Waals surface area contributed by atoms with Crippen LogP contribution < -0.4 is 0 Å². The first-order chi connectivity index (χ1) is 7.02. The van der Waals surface area contributed by atoms with E-state index in [1.165, 1.54) is 0 Å². The largest absolute Gasteiger partial charge is 0.503 e. The summed E-state index contributed by atoms with van der Waals surface area (Å²) in [6, 6.07) is 9.54. The highest BCUT2D eigenvalue weighted by atomic mass is 32.2. The lowest BCUT2D eigenvalue weighted by molar-refractivity contribution is 0.137. The maximum absolute atomic E-state index is 10.1. The fourth-order valence-electron chi connectivity index (χ4n) is 0.719. The van der Waals surface area contributed by atoms with E-state index in [4.69, 9.17) is 20.1 Å². The summed E-state index contributed by atoms with van der Waals surface area (Å²) < 4.78 is 0. The minimum atomic E-state index is -1.83. The predicted octanol–water partition coefficient (Wildman–Crippen LogP) is 2.82. The average Bonchev–Trinajstić information content (AvgIpc) is 2.15. The van der Waals surface area contributed by atoms with Gasteiger partial charge in [-0.05, 0) is 17.3 Å². The fourth-order valence-corrected chi connectivity index (χ4v) is 1.20. The maximum atomic E-state index is 10.1. The summed E-state index contributed by atoms with van der Waals surface area (Å²) in [4.78, 5) is 18.7. The van der Waals surface area contributed by atoms with Gasteiger partial charge < -0.3 is 15.3 Å². The predicted molar refractivity (Wildman–Crippen MR) is 56.4 cm³/mol. The minimum absolute atomic E-state index is 0.538. The Morgan fingerprint density at radius 3 is 1.93 bits per heavy atom. The Morgan fingerprint density at radius 1 is 1.07 bits per heavy atom. The Kier molecular flexibility index (Phi) is 6.82. The van der Waals surface area contributed by atoms with Crippen LogP contribution in [0.5, 0.6) is 0 Å². The first kappa shape index (κ1) is 13.3. The standard InChI is InChI=1S/C8H8O2S.CH2O3/c9-8(10)11-6-7-4-2-1-3-5-7;2-1(3)4/h1-5H,6H2,(H,9,10);(H2,2,3,4). The zero-order valence-electron chi connectivity index (χ0n) is 7.66. The van der Waals surface area contributed by atoms with E-state index in [2.05, 4.69) is 0 Å². The van der Waals surface area contributed by atoms with Crippen molar-refractivity contribution in [2.75, 3.05) is 0 Å². The molecule has 0 aliphatic heterocycles. The number of thioether (sulfide) groups is 1. The molecule has 82 valence electrons. The van der Waals surface area contributed by atoms with E-state index in [-0.39, 0.29) is 0 Å². The Bertz CT molecular complexity index is 308. The molecule has 1 rings (SSSR count). The second kappa shape index (κ2) is 7.69. The lowest BCUT2D eigenvalue weighted by Crippen LogP contribution is -1.85. The van der Waals surface area contributed by atoms with Crippen molar-refractivity contribution in [3.8, 4) is 0 Å². The van der Waals surface area contributed by atoms with Crippen molar-refractivity contribution >= 4 is 23.2 Å². The van der Waals surface area contributed by atoms with Crippen molar-refractivity contribution < 1.29 is 24.9 Å². The number of hydrogen-bond donors (Lipinski definition) is 3. The number of rotatable bonds is 2. The van der Waals surface area contributed by atoms with Gasteiger partial charge in [-0.2, -0.15) is 0 Å². The summed E-state index contributed by atoms with van der Waals surface area (Å²) in [6.07, 6.45) is -1.83. The van der Waals surface area contributed by atoms with Crippen molar-refractivity contribution in [3.05, 3.63) is 35.9 Å². The molecule has 0 aromatic heterocycles. The topological polar surface area (TPSA) is 94.8 Å². The van der Waals surface area contributed by atoms with E-state index < -0.39 is 11.5 Å². The molecule has 0 unspecified atom stereocenters. The van der Waals surface area contributed by atoms with Crippen molar-refractivity contribution in [3.63, 3.8) is 0 Å². The molecule has 0 radical (unpaired) electrons. The average molecular weight is 230 g/mol. The van der Waals surface area contributed by atoms with Gasteiger partial charge in [-0.15, -0.1) is 0 Å². The lowest BCUT2D eigenvalue weighted by atomic mass is 10.2. The highest BCUT2D eigenvalue weighted by Crippen LogP contribution is 2.11. The van der Waals surface area contributed by atoms with Crippen molar-refractivity contribution in [1.82, 2.24) is 0 Å². The van der Waals surface area contributed by atoms with Crippen LogP contribution in [0, 0.1) is 0 Å². The van der Waals surface area contributed by atoms with Gasteiger partial charge in [0.1, 0.15) is 0 Å². The summed E-state index contributed by atoms with van der Waals surface area (Å²) >= 11 is 0.901. The van der Waals surface area contributed by atoms with E-state index in [9.17, 15) is 4.79 Å². The van der Waals surface area contributed by atoms with Crippen molar-refractivity contribution in [1.29, 1.82) is 0 Å². The fraction of sp³-hybridized carbons (Fsp3) is 0.111. The molecule has 1 aromatic rings. The van der Waals surface area contributed by atoms with Gasteiger partial charge >= 0.3 is 11.5 Å². The Labute approximate surface area is 90.4 Å². The number of carbonyl (C=O) groups is 2.